The molecule has 0 unspecified atom stereocenters. The van der Waals surface area contributed by atoms with Gasteiger partial charge in [-0.1, -0.05) is 26.3 Å². The number of pyridine rings is 2. The van der Waals surface area contributed by atoms with Gasteiger partial charge in [0.2, 0.25) is 5.82 Å². The number of fused-ring (bicyclic) bond motifs is 1. The van der Waals surface area contributed by atoms with Crippen molar-refractivity contribution in [3.8, 4) is 11.5 Å². The van der Waals surface area contributed by atoms with Crippen molar-refractivity contribution in [3.05, 3.63) is 66.0 Å². The zero-order valence-corrected chi connectivity index (χ0v) is 15.9. The molecule has 7 heteroatoms. The number of hydrogen-bond donors (Lipinski definition) is 1. The van der Waals surface area contributed by atoms with E-state index in [1.165, 1.54) is 12.4 Å². The van der Waals surface area contributed by atoms with Gasteiger partial charge in [-0.15, -0.1) is 5.10 Å². The maximum Gasteiger partial charge on any atom is 0.200 e. The van der Waals surface area contributed by atoms with E-state index in [9.17, 15) is 4.39 Å². The van der Waals surface area contributed by atoms with Crippen LogP contribution in [0.3, 0.4) is 0 Å². The Kier molecular flexibility index (Phi) is 4.97. The Morgan fingerprint density at radius 3 is 2.82 bits per heavy atom. The number of rotatable bonds is 6. The van der Waals surface area contributed by atoms with Crippen molar-refractivity contribution in [3.63, 3.8) is 0 Å². The maximum atomic E-state index is 14.1. The van der Waals surface area contributed by atoms with Crippen molar-refractivity contribution in [2.75, 3.05) is 5.32 Å². The van der Waals surface area contributed by atoms with Gasteiger partial charge in [-0.25, -0.2) is 18.9 Å². The fourth-order valence-corrected chi connectivity index (χ4v) is 3.05. The van der Waals surface area contributed by atoms with Crippen molar-refractivity contribution in [2.45, 2.75) is 33.1 Å². The summed E-state index contributed by atoms with van der Waals surface area (Å²) in [5.41, 5.74) is 3.91. The number of nitrogens with zero attached hydrogens (tertiary/aromatic N) is 5. The molecular weight excluding hydrogens is 355 g/mol. The second-order valence-electron chi connectivity index (χ2n) is 6.56. The molecule has 1 N–H and O–H groups in total. The summed E-state index contributed by atoms with van der Waals surface area (Å²) in [4.78, 5) is 13.1. The predicted molar refractivity (Wildman–Crippen MR) is 107 cm³/mol. The molecule has 0 aliphatic carbocycles. The van der Waals surface area contributed by atoms with Gasteiger partial charge in [0.25, 0.3) is 0 Å². The van der Waals surface area contributed by atoms with Crippen LogP contribution in [0.1, 0.15) is 31.5 Å². The third-order valence-corrected chi connectivity index (χ3v) is 4.50. The molecule has 28 heavy (non-hydrogen) atoms. The van der Waals surface area contributed by atoms with Gasteiger partial charge in [0.05, 0.1) is 11.9 Å². The van der Waals surface area contributed by atoms with Crippen molar-refractivity contribution in [2.24, 2.45) is 0 Å². The maximum absolute atomic E-state index is 14.1. The molecule has 142 valence electrons. The summed E-state index contributed by atoms with van der Waals surface area (Å²) in [6.45, 7) is 4.20. The van der Waals surface area contributed by atoms with Crippen molar-refractivity contribution in [1.82, 2.24) is 24.6 Å². The van der Waals surface area contributed by atoms with Gasteiger partial charge >= 0.3 is 0 Å². The van der Waals surface area contributed by atoms with Crippen LogP contribution in [-0.2, 0) is 12.8 Å². The van der Waals surface area contributed by atoms with Crippen LogP contribution in [0.4, 0.5) is 15.9 Å². The van der Waals surface area contributed by atoms with E-state index in [0.29, 0.717) is 23.0 Å². The molecule has 0 aliphatic heterocycles. The topological polar surface area (TPSA) is 68.0 Å². The van der Waals surface area contributed by atoms with Crippen molar-refractivity contribution < 1.29 is 4.39 Å². The number of halogens is 1. The number of nitrogens with one attached hydrogen (secondary N) is 1. The minimum absolute atomic E-state index is 0.313. The Hall–Kier alpha value is -3.35. The summed E-state index contributed by atoms with van der Waals surface area (Å²) in [7, 11) is 0. The van der Waals surface area contributed by atoms with Gasteiger partial charge in [0.1, 0.15) is 11.2 Å². The van der Waals surface area contributed by atoms with E-state index in [1.807, 2.05) is 30.5 Å². The number of aromatic nitrogens is 5. The molecule has 4 aromatic heterocycles. The molecule has 0 aromatic carbocycles. The highest BCUT2D eigenvalue weighted by Crippen LogP contribution is 2.25. The van der Waals surface area contributed by atoms with Crippen LogP contribution in [-0.4, -0.2) is 24.6 Å². The summed E-state index contributed by atoms with van der Waals surface area (Å²) in [6, 6.07) is 9.44. The smallest absolute Gasteiger partial charge is 0.200 e. The third kappa shape index (κ3) is 3.55. The van der Waals surface area contributed by atoms with E-state index in [1.54, 1.807) is 10.6 Å². The first kappa shape index (κ1) is 18.0. The van der Waals surface area contributed by atoms with Gasteiger partial charge in [0.15, 0.2) is 11.6 Å². The second-order valence-corrected chi connectivity index (χ2v) is 6.56. The molecule has 0 atom stereocenters. The summed E-state index contributed by atoms with van der Waals surface area (Å²) in [6.07, 6.45) is 7.45. The van der Waals surface area contributed by atoms with E-state index in [-0.39, 0.29) is 0 Å². The summed E-state index contributed by atoms with van der Waals surface area (Å²) < 4.78 is 15.9. The molecule has 0 aliphatic rings. The van der Waals surface area contributed by atoms with E-state index in [0.717, 1.165) is 36.0 Å². The van der Waals surface area contributed by atoms with E-state index in [4.69, 9.17) is 0 Å². The molecule has 0 saturated carbocycles. The average Bonchev–Trinajstić information content (AvgIpc) is 3.14. The molecule has 0 radical (unpaired) electrons. The van der Waals surface area contributed by atoms with Gasteiger partial charge < -0.3 is 5.32 Å². The monoisotopic (exact) mass is 376 g/mol. The zero-order chi connectivity index (χ0) is 19.5. The first-order valence-corrected chi connectivity index (χ1v) is 9.40. The molecule has 4 rings (SSSR count). The van der Waals surface area contributed by atoms with E-state index < -0.39 is 5.82 Å². The van der Waals surface area contributed by atoms with Crippen LogP contribution in [0.15, 0.2) is 48.9 Å². The van der Waals surface area contributed by atoms with Crippen molar-refractivity contribution >= 4 is 17.0 Å². The minimum atomic E-state index is -0.439. The number of aryl methyl sites for hydroxylation is 2. The Balaban J connectivity index is 1.84. The molecule has 0 bridgehead atoms. The summed E-state index contributed by atoms with van der Waals surface area (Å²) in [5, 5.41) is 7.72. The molecule has 0 fully saturated rings. The fourth-order valence-electron chi connectivity index (χ4n) is 3.05. The zero-order valence-electron chi connectivity index (χ0n) is 15.9. The number of hydrogen-bond acceptors (Lipinski definition) is 5. The summed E-state index contributed by atoms with van der Waals surface area (Å²) in [5.74, 6) is 0.573. The lowest BCUT2D eigenvalue weighted by Gasteiger charge is -2.10. The fraction of sp³-hybridized carbons (Fsp3) is 0.238. The van der Waals surface area contributed by atoms with Gasteiger partial charge in [-0.3, -0.25) is 4.98 Å². The van der Waals surface area contributed by atoms with Crippen molar-refractivity contribution in [1.29, 1.82) is 0 Å². The molecular formula is C21H21FN6. The SMILES string of the molecule is CCCc1cccc(-c2nc(Nc3ccncc3F)c3cc(CC)cn3n2)n1. The van der Waals surface area contributed by atoms with Crippen LogP contribution in [0.2, 0.25) is 0 Å². The van der Waals surface area contributed by atoms with E-state index >= 15 is 0 Å². The minimum Gasteiger partial charge on any atom is -0.336 e. The Labute approximate surface area is 162 Å². The first-order chi connectivity index (χ1) is 13.7. The molecule has 0 spiro atoms. The highest BCUT2D eigenvalue weighted by molar-refractivity contribution is 5.75. The van der Waals surface area contributed by atoms with Crippen LogP contribution in [0, 0.1) is 5.82 Å². The lowest BCUT2D eigenvalue weighted by molar-refractivity contribution is 0.625. The Morgan fingerprint density at radius 1 is 1.14 bits per heavy atom. The van der Waals surface area contributed by atoms with Gasteiger partial charge in [0, 0.05) is 18.1 Å². The Bertz CT molecular complexity index is 1120. The largest absolute Gasteiger partial charge is 0.336 e. The molecule has 4 heterocycles. The standard InChI is InChI=1S/C21H21FN6/c1-3-6-15-7-5-8-18(24-15)20-26-21(25-17-9-10-23-12-16(17)22)19-11-14(4-2)13-28(19)27-20/h5,7-13H,3-4,6H2,1-2H3,(H,23,25,26,27). The first-order valence-electron chi connectivity index (χ1n) is 9.40. The summed E-state index contributed by atoms with van der Waals surface area (Å²) >= 11 is 0. The van der Waals surface area contributed by atoms with Crippen LogP contribution in [0.25, 0.3) is 17.0 Å². The molecule has 4 aromatic rings. The average molecular weight is 376 g/mol. The normalized spacial score (nSPS) is 11.1. The molecule has 0 amide bonds. The van der Waals surface area contributed by atoms with E-state index in [2.05, 4.69) is 39.2 Å². The molecule has 0 saturated heterocycles. The highest BCUT2D eigenvalue weighted by Gasteiger charge is 2.14. The third-order valence-electron chi connectivity index (χ3n) is 4.50. The van der Waals surface area contributed by atoms with Crippen LogP contribution in [0.5, 0.6) is 0 Å². The Morgan fingerprint density at radius 2 is 2.04 bits per heavy atom. The van der Waals surface area contributed by atoms with Gasteiger partial charge in [-0.2, -0.15) is 0 Å². The number of anilines is 2. The lowest BCUT2D eigenvalue weighted by atomic mass is 10.2. The second kappa shape index (κ2) is 7.72. The van der Waals surface area contributed by atoms with Crippen LogP contribution < -0.4 is 5.32 Å². The van der Waals surface area contributed by atoms with Gasteiger partial charge in [-0.05, 0) is 42.7 Å². The predicted octanol–water partition coefficient (Wildman–Crippen LogP) is 4.58. The quantitative estimate of drug-likeness (QED) is 0.533. The van der Waals surface area contributed by atoms with Crippen LogP contribution >= 0.6 is 0 Å². The lowest BCUT2D eigenvalue weighted by Crippen LogP contribution is -2.05. The highest BCUT2D eigenvalue weighted by atomic mass is 19.1. The molecule has 6 nitrogen and oxygen atoms in total.